The lowest BCUT2D eigenvalue weighted by molar-refractivity contribution is -0.124. The van der Waals surface area contributed by atoms with Crippen LogP contribution in [0.25, 0.3) is 11.1 Å². The van der Waals surface area contributed by atoms with Crippen LogP contribution >= 0.6 is 0 Å². The molecule has 2 amide bonds. The zero-order valence-corrected chi connectivity index (χ0v) is 21.2. The van der Waals surface area contributed by atoms with Gasteiger partial charge in [0.1, 0.15) is 17.5 Å². The van der Waals surface area contributed by atoms with Gasteiger partial charge in [0, 0.05) is 24.9 Å². The van der Waals surface area contributed by atoms with E-state index in [9.17, 15) is 22.8 Å². The normalized spacial score (nSPS) is 14.4. The number of nitrogens with one attached hydrogen (secondary N) is 2. The smallest absolute Gasteiger partial charge is 0.254 e. The van der Waals surface area contributed by atoms with Gasteiger partial charge in [0.2, 0.25) is 5.91 Å². The molecule has 0 saturated heterocycles. The third-order valence-electron chi connectivity index (χ3n) is 7.10. The van der Waals surface area contributed by atoms with Crippen molar-refractivity contribution in [3.63, 3.8) is 0 Å². The second-order valence-corrected chi connectivity index (χ2v) is 9.67. The molecule has 8 heteroatoms. The van der Waals surface area contributed by atoms with Crippen molar-refractivity contribution < 1.29 is 22.8 Å². The molecule has 5 rings (SSSR count). The van der Waals surface area contributed by atoms with Crippen molar-refractivity contribution >= 4 is 11.8 Å². The fraction of sp³-hybridized carbons (Fsp3) is 0.194. The molecule has 5 nitrogen and oxygen atoms in total. The van der Waals surface area contributed by atoms with Gasteiger partial charge in [-0.1, -0.05) is 42.5 Å². The lowest BCUT2D eigenvalue weighted by atomic mass is 9.91. The zero-order chi connectivity index (χ0) is 27.6. The number of aromatic nitrogens is 1. The Labute approximate surface area is 224 Å². The number of benzene rings is 3. The summed E-state index contributed by atoms with van der Waals surface area (Å²) in [7, 11) is 1.41. The minimum Gasteiger partial charge on any atom is -0.355 e. The van der Waals surface area contributed by atoms with Gasteiger partial charge in [-0.2, -0.15) is 0 Å². The SMILES string of the molecule is CNC(=O)c1cc(-c2cccnc2[C@H](Cc2cc(F)cc(F)c2)NC(=O)C2(c3ccccc3)CC2)ccc1F. The van der Waals surface area contributed by atoms with Crippen LogP contribution < -0.4 is 10.6 Å². The summed E-state index contributed by atoms with van der Waals surface area (Å²) < 4.78 is 42.6. The Morgan fingerprint density at radius 3 is 2.31 bits per heavy atom. The quantitative estimate of drug-likeness (QED) is 0.310. The number of nitrogens with zero attached hydrogens (tertiary/aromatic N) is 1. The second-order valence-electron chi connectivity index (χ2n) is 9.67. The first-order valence-electron chi connectivity index (χ1n) is 12.6. The molecule has 1 fully saturated rings. The Balaban J connectivity index is 1.57. The Bertz CT molecular complexity index is 1520. The molecule has 0 unspecified atom stereocenters. The molecule has 1 aliphatic carbocycles. The van der Waals surface area contributed by atoms with Crippen LogP contribution in [0.15, 0.2) is 85.1 Å². The van der Waals surface area contributed by atoms with Crippen molar-refractivity contribution in [2.24, 2.45) is 0 Å². The number of amides is 2. The molecule has 1 aliphatic rings. The number of halogens is 3. The van der Waals surface area contributed by atoms with Crippen LogP contribution in [0.5, 0.6) is 0 Å². The summed E-state index contributed by atoms with van der Waals surface area (Å²) in [6.07, 6.45) is 2.95. The summed E-state index contributed by atoms with van der Waals surface area (Å²) in [5, 5.41) is 5.52. The zero-order valence-electron chi connectivity index (χ0n) is 21.2. The summed E-state index contributed by atoms with van der Waals surface area (Å²) in [5.41, 5.74) is 1.88. The summed E-state index contributed by atoms with van der Waals surface area (Å²) in [6, 6.07) is 19.5. The van der Waals surface area contributed by atoms with Crippen LogP contribution in [-0.4, -0.2) is 23.8 Å². The van der Waals surface area contributed by atoms with E-state index in [1.165, 1.54) is 37.4 Å². The van der Waals surface area contributed by atoms with Crippen LogP contribution in [-0.2, 0) is 16.6 Å². The molecule has 0 radical (unpaired) electrons. The molecule has 1 aromatic heterocycles. The summed E-state index contributed by atoms with van der Waals surface area (Å²) >= 11 is 0. The van der Waals surface area contributed by atoms with Crippen molar-refractivity contribution in [1.82, 2.24) is 15.6 Å². The number of rotatable bonds is 8. The number of hydrogen-bond donors (Lipinski definition) is 2. The highest BCUT2D eigenvalue weighted by molar-refractivity contribution is 5.95. The molecule has 3 aromatic carbocycles. The van der Waals surface area contributed by atoms with Gasteiger partial charge in [-0.3, -0.25) is 14.6 Å². The topological polar surface area (TPSA) is 71.1 Å². The molecule has 39 heavy (non-hydrogen) atoms. The Morgan fingerprint density at radius 2 is 1.64 bits per heavy atom. The first-order valence-corrected chi connectivity index (χ1v) is 12.6. The van der Waals surface area contributed by atoms with Gasteiger partial charge in [-0.25, -0.2) is 13.2 Å². The number of hydrogen-bond acceptors (Lipinski definition) is 3. The average molecular weight is 530 g/mol. The Kier molecular flexibility index (Phi) is 7.19. The molecule has 1 saturated carbocycles. The maximum Gasteiger partial charge on any atom is 0.254 e. The Morgan fingerprint density at radius 1 is 0.923 bits per heavy atom. The Hall–Kier alpha value is -4.46. The van der Waals surface area contributed by atoms with Crippen molar-refractivity contribution in [2.75, 3.05) is 7.05 Å². The van der Waals surface area contributed by atoms with E-state index in [4.69, 9.17) is 0 Å². The minimum absolute atomic E-state index is 0.0544. The van der Waals surface area contributed by atoms with Gasteiger partial charge in [0.05, 0.1) is 22.7 Å². The van der Waals surface area contributed by atoms with Crippen LogP contribution in [0.2, 0.25) is 0 Å². The number of carbonyl (C=O) groups is 2. The molecular weight excluding hydrogens is 503 g/mol. The van der Waals surface area contributed by atoms with E-state index < -0.39 is 34.8 Å². The summed E-state index contributed by atoms with van der Waals surface area (Å²) in [5.74, 6) is -2.93. The highest BCUT2D eigenvalue weighted by Crippen LogP contribution is 2.49. The molecule has 198 valence electrons. The summed E-state index contributed by atoms with van der Waals surface area (Å²) in [4.78, 5) is 30.5. The van der Waals surface area contributed by atoms with E-state index in [0.29, 0.717) is 35.2 Å². The predicted molar refractivity (Wildman–Crippen MR) is 141 cm³/mol. The number of carbonyl (C=O) groups excluding carboxylic acids is 2. The highest BCUT2D eigenvalue weighted by Gasteiger charge is 2.51. The van der Waals surface area contributed by atoms with Gasteiger partial charge in [-0.15, -0.1) is 0 Å². The molecule has 2 N–H and O–H groups in total. The maximum absolute atomic E-state index is 14.4. The monoisotopic (exact) mass is 529 g/mol. The fourth-order valence-corrected chi connectivity index (χ4v) is 4.95. The van der Waals surface area contributed by atoms with Gasteiger partial charge in [-0.05, 0) is 66.3 Å². The van der Waals surface area contributed by atoms with E-state index in [0.717, 1.165) is 11.6 Å². The van der Waals surface area contributed by atoms with E-state index in [1.807, 2.05) is 30.3 Å². The highest BCUT2D eigenvalue weighted by atomic mass is 19.1. The lowest BCUT2D eigenvalue weighted by Crippen LogP contribution is -2.38. The molecule has 0 spiro atoms. The van der Waals surface area contributed by atoms with E-state index in [-0.39, 0.29) is 17.9 Å². The molecule has 0 aliphatic heterocycles. The van der Waals surface area contributed by atoms with Crippen LogP contribution in [0.3, 0.4) is 0 Å². The van der Waals surface area contributed by atoms with E-state index in [1.54, 1.807) is 18.3 Å². The molecule has 0 bridgehead atoms. The van der Waals surface area contributed by atoms with Gasteiger partial charge in [0.15, 0.2) is 0 Å². The van der Waals surface area contributed by atoms with Gasteiger partial charge < -0.3 is 10.6 Å². The molecular formula is C31H26F3N3O2. The van der Waals surface area contributed by atoms with Crippen LogP contribution in [0.1, 0.15) is 46.1 Å². The lowest BCUT2D eigenvalue weighted by Gasteiger charge is -2.25. The minimum atomic E-state index is -0.774. The standard InChI is InChI=1S/C31H26F3N3O2/c1-35-29(38)25-17-20(9-10-26(25)34)24-8-5-13-36-28(24)27(16-19-14-22(32)18-23(33)15-19)37-30(39)31(11-12-31)21-6-3-2-4-7-21/h2-10,13-15,17-18,27H,11-12,16H2,1H3,(H,35,38)(H,37,39)/t27-/m0/s1. The molecule has 4 aromatic rings. The first kappa shape index (κ1) is 26.2. The first-order chi connectivity index (χ1) is 18.8. The maximum atomic E-state index is 14.4. The van der Waals surface area contributed by atoms with Gasteiger partial charge >= 0.3 is 0 Å². The molecule has 1 atom stereocenters. The fourth-order valence-electron chi connectivity index (χ4n) is 4.95. The predicted octanol–water partition coefficient (Wildman–Crippen LogP) is 5.66. The third kappa shape index (κ3) is 5.41. The van der Waals surface area contributed by atoms with E-state index >= 15 is 0 Å². The second kappa shape index (κ2) is 10.7. The number of pyridine rings is 1. The third-order valence-corrected chi connectivity index (χ3v) is 7.10. The van der Waals surface area contributed by atoms with Crippen LogP contribution in [0.4, 0.5) is 13.2 Å². The van der Waals surface area contributed by atoms with Crippen LogP contribution in [0, 0.1) is 17.5 Å². The molecule has 1 heterocycles. The average Bonchev–Trinajstić information content (AvgIpc) is 3.75. The van der Waals surface area contributed by atoms with Crippen molar-refractivity contribution in [2.45, 2.75) is 30.7 Å². The van der Waals surface area contributed by atoms with Crippen molar-refractivity contribution in [1.29, 1.82) is 0 Å². The van der Waals surface area contributed by atoms with E-state index in [2.05, 4.69) is 15.6 Å². The van der Waals surface area contributed by atoms with Gasteiger partial charge in [0.25, 0.3) is 5.91 Å². The summed E-state index contributed by atoms with van der Waals surface area (Å²) in [6.45, 7) is 0. The van der Waals surface area contributed by atoms with Crippen molar-refractivity contribution in [3.05, 3.63) is 125 Å². The van der Waals surface area contributed by atoms with Crippen molar-refractivity contribution in [3.8, 4) is 11.1 Å². The largest absolute Gasteiger partial charge is 0.355 e.